The van der Waals surface area contributed by atoms with Gasteiger partial charge in [0.25, 0.3) is 0 Å². The van der Waals surface area contributed by atoms with E-state index in [-0.39, 0.29) is 5.04 Å². The van der Waals surface area contributed by atoms with Gasteiger partial charge in [-0.25, -0.2) is 0 Å². The molecule has 4 heteroatoms. The van der Waals surface area contributed by atoms with E-state index in [0.29, 0.717) is 0 Å². The van der Waals surface area contributed by atoms with Gasteiger partial charge in [0, 0.05) is 19.5 Å². The van der Waals surface area contributed by atoms with E-state index in [2.05, 4.69) is 69.1 Å². The third-order valence-corrected chi connectivity index (χ3v) is 10.1. The van der Waals surface area contributed by atoms with E-state index < -0.39 is 8.32 Å². The minimum atomic E-state index is -1.66. The lowest BCUT2D eigenvalue weighted by Crippen LogP contribution is -2.43. The molecule has 25 heavy (non-hydrogen) atoms. The summed E-state index contributed by atoms with van der Waals surface area (Å²) in [5, 5.41) is 0.274. The van der Waals surface area contributed by atoms with Gasteiger partial charge in [-0.05, 0) is 36.5 Å². The summed E-state index contributed by atoms with van der Waals surface area (Å²) in [7, 11) is -1.66. The molecule has 0 bridgehead atoms. The summed E-state index contributed by atoms with van der Waals surface area (Å²) in [5.41, 5.74) is 1.29. The molecule has 0 saturated carbocycles. The van der Waals surface area contributed by atoms with Gasteiger partial charge in [0.05, 0.1) is 19.0 Å². The Morgan fingerprint density at radius 2 is 1.80 bits per heavy atom. The average Bonchev–Trinajstić information content (AvgIpc) is 2.78. The SMILES string of the molecule is CC(C)(C)[Si](C)(C)OCCN1CCCCCC1=NCc1ccccc1. The molecule has 1 saturated heterocycles. The first-order valence-electron chi connectivity index (χ1n) is 9.76. The van der Waals surface area contributed by atoms with E-state index >= 15 is 0 Å². The Balaban J connectivity index is 1.95. The Labute approximate surface area is 155 Å². The summed E-state index contributed by atoms with van der Waals surface area (Å²) >= 11 is 0. The first-order chi connectivity index (χ1) is 11.8. The monoisotopic (exact) mass is 360 g/mol. The van der Waals surface area contributed by atoms with Crippen molar-refractivity contribution >= 4 is 14.2 Å². The zero-order chi connectivity index (χ0) is 18.3. The zero-order valence-electron chi connectivity index (χ0n) is 16.8. The Morgan fingerprint density at radius 3 is 2.48 bits per heavy atom. The van der Waals surface area contributed by atoms with E-state index in [1.165, 1.54) is 30.7 Å². The summed E-state index contributed by atoms with van der Waals surface area (Å²) in [6, 6.07) is 10.6. The molecule has 0 radical (unpaired) electrons. The smallest absolute Gasteiger partial charge is 0.192 e. The molecule has 0 aliphatic carbocycles. The Kier molecular flexibility index (Phi) is 7.26. The number of hydrogen-bond donors (Lipinski definition) is 0. The van der Waals surface area contributed by atoms with Crippen LogP contribution in [-0.2, 0) is 11.0 Å². The first kappa shape index (κ1) is 20.2. The third-order valence-electron chi connectivity index (χ3n) is 5.61. The number of hydrogen-bond acceptors (Lipinski definition) is 2. The maximum absolute atomic E-state index is 6.39. The quantitative estimate of drug-likeness (QED) is 0.627. The van der Waals surface area contributed by atoms with Crippen LogP contribution in [0.1, 0.15) is 52.0 Å². The van der Waals surface area contributed by atoms with E-state index in [1.54, 1.807) is 0 Å². The zero-order valence-corrected chi connectivity index (χ0v) is 17.8. The molecule has 1 aromatic rings. The van der Waals surface area contributed by atoms with Crippen molar-refractivity contribution in [1.82, 2.24) is 4.90 Å². The van der Waals surface area contributed by atoms with Gasteiger partial charge in [0.15, 0.2) is 8.32 Å². The number of aliphatic imine (C=N–C) groups is 1. The van der Waals surface area contributed by atoms with Crippen molar-refractivity contribution in [3.63, 3.8) is 0 Å². The summed E-state index contributed by atoms with van der Waals surface area (Å²) in [6.45, 7) is 15.3. The lowest BCUT2D eigenvalue weighted by Gasteiger charge is -2.37. The highest BCUT2D eigenvalue weighted by Gasteiger charge is 2.37. The molecular weight excluding hydrogens is 324 g/mol. The highest BCUT2D eigenvalue weighted by atomic mass is 28.4. The highest BCUT2D eigenvalue weighted by molar-refractivity contribution is 6.74. The van der Waals surface area contributed by atoms with E-state index in [1.807, 2.05) is 0 Å². The predicted molar refractivity (Wildman–Crippen MR) is 111 cm³/mol. The predicted octanol–water partition coefficient (Wildman–Crippen LogP) is 5.48. The molecule has 1 aliphatic rings. The third kappa shape index (κ3) is 6.26. The highest BCUT2D eigenvalue weighted by Crippen LogP contribution is 2.36. The van der Waals surface area contributed by atoms with Gasteiger partial charge in [-0.3, -0.25) is 4.99 Å². The van der Waals surface area contributed by atoms with Gasteiger partial charge in [-0.2, -0.15) is 0 Å². The Hall–Kier alpha value is -1.13. The fourth-order valence-electron chi connectivity index (χ4n) is 2.86. The van der Waals surface area contributed by atoms with Crippen LogP contribution in [0.2, 0.25) is 18.1 Å². The standard InChI is InChI=1S/C21H36N2OSi/c1-21(2,3)25(4,5)24-17-16-23-15-11-7-10-14-20(23)22-18-19-12-8-6-9-13-19/h6,8-9,12-13H,7,10-11,14-18H2,1-5H3. The summed E-state index contributed by atoms with van der Waals surface area (Å²) in [4.78, 5) is 7.43. The van der Waals surface area contributed by atoms with Crippen molar-refractivity contribution in [2.75, 3.05) is 19.7 Å². The van der Waals surface area contributed by atoms with Crippen LogP contribution in [0, 0.1) is 0 Å². The fourth-order valence-corrected chi connectivity index (χ4v) is 3.90. The van der Waals surface area contributed by atoms with Gasteiger partial charge in [-0.15, -0.1) is 0 Å². The number of benzene rings is 1. The molecular formula is C21H36N2OSi. The molecule has 0 amide bonds. The molecule has 0 aromatic heterocycles. The molecule has 1 aromatic carbocycles. The maximum Gasteiger partial charge on any atom is 0.192 e. The van der Waals surface area contributed by atoms with Crippen molar-refractivity contribution in [3.05, 3.63) is 35.9 Å². The Bertz CT molecular complexity index is 549. The molecule has 140 valence electrons. The van der Waals surface area contributed by atoms with E-state index in [0.717, 1.165) is 32.7 Å². The normalized spacial score (nSPS) is 18.4. The molecule has 0 spiro atoms. The van der Waals surface area contributed by atoms with Gasteiger partial charge in [0.1, 0.15) is 0 Å². The van der Waals surface area contributed by atoms with Crippen LogP contribution in [0.3, 0.4) is 0 Å². The second kappa shape index (κ2) is 8.99. The number of rotatable bonds is 6. The number of likely N-dealkylation sites (tertiary alicyclic amines) is 1. The molecule has 1 aliphatic heterocycles. The van der Waals surface area contributed by atoms with Gasteiger partial charge >= 0.3 is 0 Å². The van der Waals surface area contributed by atoms with Crippen LogP contribution < -0.4 is 0 Å². The minimum absolute atomic E-state index is 0.274. The average molecular weight is 361 g/mol. The number of amidine groups is 1. The summed E-state index contributed by atoms with van der Waals surface area (Å²) in [5.74, 6) is 1.28. The lowest BCUT2D eigenvalue weighted by atomic mass is 10.2. The molecule has 0 atom stereocenters. The lowest BCUT2D eigenvalue weighted by molar-refractivity contribution is 0.247. The second-order valence-electron chi connectivity index (χ2n) is 8.62. The van der Waals surface area contributed by atoms with Crippen LogP contribution in [0.15, 0.2) is 35.3 Å². The van der Waals surface area contributed by atoms with Gasteiger partial charge in [0.2, 0.25) is 0 Å². The van der Waals surface area contributed by atoms with Crippen LogP contribution in [0.25, 0.3) is 0 Å². The van der Waals surface area contributed by atoms with Crippen molar-refractivity contribution in [2.45, 2.75) is 71.1 Å². The first-order valence-corrected chi connectivity index (χ1v) is 12.7. The molecule has 2 rings (SSSR count). The van der Waals surface area contributed by atoms with Crippen LogP contribution in [-0.4, -0.2) is 38.7 Å². The van der Waals surface area contributed by atoms with Crippen LogP contribution >= 0.6 is 0 Å². The van der Waals surface area contributed by atoms with Gasteiger partial charge < -0.3 is 9.33 Å². The molecule has 0 unspecified atom stereocenters. The van der Waals surface area contributed by atoms with Crippen molar-refractivity contribution in [1.29, 1.82) is 0 Å². The van der Waals surface area contributed by atoms with Crippen molar-refractivity contribution < 1.29 is 4.43 Å². The molecule has 1 fully saturated rings. The Morgan fingerprint density at radius 1 is 1.08 bits per heavy atom. The fraction of sp³-hybridized carbons (Fsp3) is 0.667. The van der Waals surface area contributed by atoms with Crippen LogP contribution in [0.5, 0.6) is 0 Å². The summed E-state index contributed by atoms with van der Waals surface area (Å²) in [6.07, 6.45) is 4.94. The molecule has 1 heterocycles. The van der Waals surface area contributed by atoms with Crippen LogP contribution in [0.4, 0.5) is 0 Å². The van der Waals surface area contributed by atoms with E-state index in [4.69, 9.17) is 9.42 Å². The second-order valence-corrected chi connectivity index (χ2v) is 13.4. The van der Waals surface area contributed by atoms with Gasteiger partial charge in [-0.1, -0.05) is 57.5 Å². The maximum atomic E-state index is 6.39. The topological polar surface area (TPSA) is 24.8 Å². The molecule has 3 nitrogen and oxygen atoms in total. The minimum Gasteiger partial charge on any atom is -0.415 e. The molecule has 0 N–H and O–H groups in total. The number of nitrogens with zero attached hydrogens (tertiary/aromatic N) is 2. The van der Waals surface area contributed by atoms with Crippen molar-refractivity contribution in [3.8, 4) is 0 Å². The summed E-state index contributed by atoms with van der Waals surface area (Å²) < 4.78 is 6.39. The van der Waals surface area contributed by atoms with E-state index in [9.17, 15) is 0 Å². The van der Waals surface area contributed by atoms with Crippen molar-refractivity contribution in [2.24, 2.45) is 4.99 Å². The largest absolute Gasteiger partial charge is 0.415 e.